The summed E-state index contributed by atoms with van der Waals surface area (Å²) in [5, 5.41) is 24.2. The summed E-state index contributed by atoms with van der Waals surface area (Å²) >= 11 is 0. The first-order valence-electron chi connectivity index (χ1n) is 8.68. The number of ether oxygens (including phenoxy) is 2. The van der Waals surface area contributed by atoms with E-state index in [1.54, 1.807) is 6.92 Å². The minimum absolute atomic E-state index is 0.0103. The maximum Gasteiger partial charge on any atom is 0.433 e. The number of aromatic nitrogens is 2. The molecule has 1 aliphatic heterocycles. The van der Waals surface area contributed by atoms with Gasteiger partial charge in [-0.25, -0.2) is 4.39 Å². The molecule has 4 unspecified atom stereocenters. The Kier molecular flexibility index (Phi) is 5.80. The quantitative estimate of drug-likeness (QED) is 0.667. The van der Waals surface area contributed by atoms with Crippen LogP contribution in [0.4, 0.5) is 17.6 Å². The lowest BCUT2D eigenvalue weighted by atomic mass is 9.95. The Hall–Kier alpha value is -2.33. The van der Waals surface area contributed by atoms with Gasteiger partial charge >= 0.3 is 6.18 Å². The Labute approximate surface area is 158 Å². The largest absolute Gasteiger partial charge is 0.508 e. The maximum atomic E-state index is 14.0. The molecule has 0 radical (unpaired) electrons. The van der Waals surface area contributed by atoms with Crippen molar-refractivity contribution >= 4 is 0 Å². The van der Waals surface area contributed by atoms with Crippen molar-refractivity contribution in [3.8, 4) is 11.6 Å². The highest BCUT2D eigenvalue weighted by Gasteiger charge is 2.40. The van der Waals surface area contributed by atoms with Gasteiger partial charge in [-0.05, 0) is 23.6 Å². The molecule has 0 bridgehead atoms. The number of aliphatic hydroxyl groups excluding tert-OH is 1. The number of rotatable bonds is 5. The third kappa shape index (κ3) is 4.39. The monoisotopic (exact) mass is 404 g/mol. The molecular weight excluding hydrogens is 384 g/mol. The van der Waals surface area contributed by atoms with Crippen LogP contribution in [0, 0.1) is 5.92 Å². The highest BCUT2D eigenvalue weighted by atomic mass is 19.4. The summed E-state index contributed by atoms with van der Waals surface area (Å²) in [6.07, 6.45) is -8.29. The lowest BCUT2D eigenvalue weighted by molar-refractivity contribution is -0.199. The summed E-state index contributed by atoms with van der Waals surface area (Å²) < 4.78 is 64.9. The van der Waals surface area contributed by atoms with Crippen LogP contribution in [0.5, 0.6) is 11.6 Å². The molecule has 154 valence electrons. The van der Waals surface area contributed by atoms with E-state index in [0.717, 1.165) is 0 Å². The normalized spacial score (nSPS) is 25.6. The Morgan fingerprint density at radius 2 is 1.96 bits per heavy atom. The molecule has 0 amide bonds. The number of nitrogens with one attached hydrogen (secondary N) is 1. The molecule has 28 heavy (non-hydrogen) atoms. The van der Waals surface area contributed by atoms with Crippen LogP contribution >= 0.6 is 0 Å². The van der Waals surface area contributed by atoms with Crippen LogP contribution in [0.15, 0.2) is 24.3 Å². The number of alkyl halides is 4. The van der Waals surface area contributed by atoms with Gasteiger partial charge in [0, 0.05) is 12.8 Å². The van der Waals surface area contributed by atoms with E-state index in [9.17, 15) is 27.8 Å². The minimum Gasteiger partial charge on any atom is -0.508 e. The van der Waals surface area contributed by atoms with E-state index in [2.05, 4.69) is 5.10 Å². The van der Waals surface area contributed by atoms with E-state index in [1.807, 2.05) is 5.10 Å². The van der Waals surface area contributed by atoms with Crippen LogP contribution in [0.3, 0.4) is 0 Å². The summed E-state index contributed by atoms with van der Waals surface area (Å²) in [6.45, 7) is 1.04. The number of nitrogens with zero attached hydrogens (tertiary/aromatic N) is 1. The SMILES string of the molecule is CC1CC(Oc2n[nH]c(C(F)(F)F)c2Cc2ccc(O)cc2)OC(CO)C1F. The molecule has 4 atom stereocenters. The zero-order valence-corrected chi connectivity index (χ0v) is 14.9. The maximum absolute atomic E-state index is 14.0. The topological polar surface area (TPSA) is 87.6 Å². The summed E-state index contributed by atoms with van der Waals surface area (Å²) in [7, 11) is 0. The van der Waals surface area contributed by atoms with Gasteiger partial charge in [0.1, 0.15) is 23.7 Å². The molecule has 3 rings (SSSR count). The summed E-state index contributed by atoms with van der Waals surface area (Å²) in [4.78, 5) is 0. The third-order valence-corrected chi connectivity index (χ3v) is 4.64. The summed E-state index contributed by atoms with van der Waals surface area (Å²) in [5.74, 6) is -0.812. The molecule has 2 aromatic rings. The Morgan fingerprint density at radius 3 is 2.57 bits per heavy atom. The molecule has 0 saturated carbocycles. The molecule has 3 N–H and O–H groups in total. The van der Waals surface area contributed by atoms with Crippen molar-refractivity contribution in [2.75, 3.05) is 6.61 Å². The molecule has 0 spiro atoms. The van der Waals surface area contributed by atoms with E-state index >= 15 is 0 Å². The lowest BCUT2D eigenvalue weighted by Crippen LogP contribution is -2.45. The fourth-order valence-electron chi connectivity index (χ4n) is 3.13. The Morgan fingerprint density at radius 1 is 1.29 bits per heavy atom. The van der Waals surface area contributed by atoms with Gasteiger partial charge in [0.25, 0.3) is 0 Å². The van der Waals surface area contributed by atoms with Crippen molar-refractivity contribution in [3.05, 3.63) is 41.1 Å². The van der Waals surface area contributed by atoms with Crippen LogP contribution in [-0.2, 0) is 17.3 Å². The van der Waals surface area contributed by atoms with Crippen molar-refractivity contribution in [2.45, 2.75) is 44.5 Å². The van der Waals surface area contributed by atoms with Gasteiger partial charge in [0.2, 0.25) is 12.2 Å². The first-order valence-corrected chi connectivity index (χ1v) is 8.68. The highest BCUT2D eigenvalue weighted by molar-refractivity contribution is 5.38. The van der Waals surface area contributed by atoms with Gasteiger partial charge in [-0.1, -0.05) is 19.1 Å². The second-order valence-electron chi connectivity index (χ2n) is 6.79. The third-order valence-electron chi connectivity index (χ3n) is 4.64. The molecule has 1 aromatic carbocycles. The molecule has 6 nitrogen and oxygen atoms in total. The first-order chi connectivity index (χ1) is 13.2. The molecular formula is C18H20F4N2O4. The predicted molar refractivity (Wildman–Crippen MR) is 89.6 cm³/mol. The Balaban J connectivity index is 1.86. The number of H-pyrrole nitrogens is 1. The number of aromatic amines is 1. The number of hydrogen-bond donors (Lipinski definition) is 3. The van der Waals surface area contributed by atoms with E-state index in [1.165, 1.54) is 24.3 Å². The second-order valence-corrected chi connectivity index (χ2v) is 6.79. The minimum atomic E-state index is -4.68. The van der Waals surface area contributed by atoms with Crippen molar-refractivity contribution in [1.29, 1.82) is 0 Å². The van der Waals surface area contributed by atoms with Crippen LogP contribution in [0.25, 0.3) is 0 Å². The van der Waals surface area contributed by atoms with Gasteiger partial charge in [0.15, 0.2) is 0 Å². The zero-order valence-electron chi connectivity index (χ0n) is 14.9. The second kappa shape index (κ2) is 7.96. The Bertz CT molecular complexity index is 794. The van der Waals surface area contributed by atoms with Crippen molar-refractivity contribution < 1.29 is 37.2 Å². The van der Waals surface area contributed by atoms with Crippen molar-refractivity contribution in [2.24, 2.45) is 5.92 Å². The number of aliphatic hydroxyl groups is 1. The molecule has 0 aliphatic carbocycles. The molecule has 10 heteroatoms. The van der Waals surface area contributed by atoms with Crippen molar-refractivity contribution in [1.82, 2.24) is 10.2 Å². The molecule has 1 aliphatic rings. The number of benzene rings is 1. The molecule has 1 saturated heterocycles. The fourth-order valence-corrected chi connectivity index (χ4v) is 3.13. The van der Waals surface area contributed by atoms with E-state index in [4.69, 9.17) is 9.47 Å². The average molecular weight is 404 g/mol. The smallest absolute Gasteiger partial charge is 0.433 e. The molecule has 2 heterocycles. The zero-order chi connectivity index (χ0) is 20.5. The van der Waals surface area contributed by atoms with Crippen molar-refractivity contribution in [3.63, 3.8) is 0 Å². The van der Waals surface area contributed by atoms with Crippen LogP contribution in [0.2, 0.25) is 0 Å². The highest BCUT2D eigenvalue weighted by Crippen LogP contribution is 2.37. The summed E-state index contributed by atoms with van der Waals surface area (Å²) in [6, 6.07) is 5.70. The predicted octanol–water partition coefficient (Wildman–Crippen LogP) is 3.19. The van der Waals surface area contributed by atoms with Gasteiger partial charge in [-0.3, -0.25) is 5.10 Å². The average Bonchev–Trinajstić information content (AvgIpc) is 3.02. The van der Waals surface area contributed by atoms with Crippen LogP contribution in [-0.4, -0.2) is 45.6 Å². The first kappa shape index (κ1) is 20.4. The number of hydrogen-bond acceptors (Lipinski definition) is 5. The molecule has 1 fully saturated rings. The van der Waals surface area contributed by atoms with Gasteiger partial charge in [0.05, 0.1) is 12.2 Å². The number of phenols is 1. The number of aromatic hydroxyl groups is 1. The van der Waals surface area contributed by atoms with Gasteiger partial charge in [-0.2, -0.15) is 13.2 Å². The van der Waals surface area contributed by atoms with Gasteiger partial charge < -0.3 is 19.7 Å². The standard InChI is InChI=1S/C18H20F4N2O4/c1-9-6-14(27-13(8-25)15(9)19)28-17-12(16(23-24-17)18(20,21)22)7-10-2-4-11(26)5-3-10/h2-5,9,13-15,25-26H,6-8H2,1H3,(H,23,24). The van der Waals surface area contributed by atoms with E-state index in [0.29, 0.717) is 5.56 Å². The summed E-state index contributed by atoms with van der Waals surface area (Å²) in [5.41, 5.74) is -0.775. The van der Waals surface area contributed by atoms with Crippen LogP contribution in [0.1, 0.15) is 30.2 Å². The number of phenolic OH excluding ortho intramolecular Hbond substituents is 1. The lowest BCUT2D eigenvalue weighted by Gasteiger charge is -2.35. The van der Waals surface area contributed by atoms with Gasteiger partial charge in [-0.15, -0.1) is 5.10 Å². The van der Waals surface area contributed by atoms with Crippen LogP contribution < -0.4 is 4.74 Å². The molecule has 1 aromatic heterocycles. The van der Waals surface area contributed by atoms with E-state index in [-0.39, 0.29) is 30.0 Å². The van der Waals surface area contributed by atoms with E-state index < -0.39 is 43.0 Å². The number of halogens is 4. The fraction of sp³-hybridized carbons (Fsp3) is 0.500.